The van der Waals surface area contributed by atoms with Crippen molar-refractivity contribution in [3.8, 4) is 0 Å². The van der Waals surface area contributed by atoms with Crippen LogP contribution in [0.4, 0.5) is 0 Å². The van der Waals surface area contributed by atoms with Gasteiger partial charge in [-0.05, 0) is 69.7 Å². The molecular weight excluding hydrogens is 464 g/mol. The molecule has 2 aliphatic heterocycles. The summed E-state index contributed by atoms with van der Waals surface area (Å²) < 4.78 is 27.6. The standard InChI is InChI=1S/C26H38N4O4S/c1-19-7-10-21(11-8-19)35(33,34)30-16-13-27-25(32)22(30)17-24(31)28-23-12-9-20(18-26(23,2)3)29-14-5-4-6-15-29/h7-8,10-11,13,16,20,22-23H,4-6,9,12,14-15,17-18H2,1-3H3,(H,27,32)(H,28,31)/t20?,22-,23-/m1/s1. The van der Waals surface area contributed by atoms with Gasteiger partial charge < -0.3 is 15.5 Å². The third-order valence-corrected chi connectivity index (χ3v) is 9.57. The molecule has 1 aliphatic carbocycles. The second-order valence-electron chi connectivity index (χ2n) is 10.8. The van der Waals surface area contributed by atoms with Crippen molar-refractivity contribution in [3.05, 3.63) is 42.2 Å². The van der Waals surface area contributed by atoms with Crippen molar-refractivity contribution in [2.24, 2.45) is 5.41 Å². The number of sulfonamides is 1. The summed E-state index contributed by atoms with van der Waals surface area (Å²) in [6.45, 7) is 8.58. The Labute approximate surface area is 209 Å². The molecule has 2 heterocycles. The van der Waals surface area contributed by atoms with E-state index in [1.165, 1.54) is 43.8 Å². The Morgan fingerprint density at radius 3 is 2.46 bits per heavy atom. The topological polar surface area (TPSA) is 98.8 Å². The molecule has 3 atom stereocenters. The van der Waals surface area contributed by atoms with Gasteiger partial charge in [-0.1, -0.05) is 38.0 Å². The first-order valence-electron chi connectivity index (χ1n) is 12.7. The molecule has 1 saturated carbocycles. The molecule has 1 unspecified atom stereocenters. The number of nitrogens with one attached hydrogen (secondary N) is 2. The minimum absolute atomic E-state index is 0.0135. The van der Waals surface area contributed by atoms with Crippen LogP contribution in [0.3, 0.4) is 0 Å². The molecule has 1 saturated heterocycles. The van der Waals surface area contributed by atoms with E-state index in [-0.39, 0.29) is 28.7 Å². The van der Waals surface area contributed by atoms with Crippen LogP contribution in [0.1, 0.15) is 64.4 Å². The van der Waals surface area contributed by atoms with Crippen molar-refractivity contribution < 1.29 is 18.0 Å². The van der Waals surface area contributed by atoms with Gasteiger partial charge in [0.1, 0.15) is 6.04 Å². The van der Waals surface area contributed by atoms with Crippen molar-refractivity contribution in [1.82, 2.24) is 19.8 Å². The highest BCUT2D eigenvalue weighted by atomic mass is 32.2. The maximum absolute atomic E-state index is 13.3. The average molecular weight is 503 g/mol. The lowest BCUT2D eigenvalue weighted by molar-refractivity contribution is -0.130. The number of hydrogen-bond donors (Lipinski definition) is 2. The lowest BCUT2D eigenvalue weighted by Gasteiger charge is -2.47. The predicted octanol–water partition coefficient (Wildman–Crippen LogP) is 2.89. The zero-order chi connectivity index (χ0) is 25.2. The van der Waals surface area contributed by atoms with Crippen molar-refractivity contribution in [2.45, 2.75) is 88.7 Å². The number of rotatable bonds is 6. The van der Waals surface area contributed by atoms with Gasteiger partial charge in [0, 0.05) is 24.5 Å². The fraction of sp³-hybridized carbons (Fsp3) is 0.615. The van der Waals surface area contributed by atoms with Crippen LogP contribution in [-0.2, 0) is 19.6 Å². The molecular formula is C26H38N4O4S. The van der Waals surface area contributed by atoms with Gasteiger partial charge in [0.2, 0.25) is 11.8 Å². The number of likely N-dealkylation sites (tertiary alicyclic amines) is 1. The maximum Gasteiger partial charge on any atom is 0.264 e. The first kappa shape index (κ1) is 25.7. The Balaban J connectivity index is 1.42. The summed E-state index contributed by atoms with van der Waals surface area (Å²) in [5.74, 6) is -0.814. The average Bonchev–Trinajstić information content (AvgIpc) is 2.82. The van der Waals surface area contributed by atoms with Gasteiger partial charge in [-0.15, -0.1) is 0 Å². The van der Waals surface area contributed by atoms with E-state index in [0.29, 0.717) is 6.04 Å². The van der Waals surface area contributed by atoms with Crippen LogP contribution < -0.4 is 10.6 Å². The van der Waals surface area contributed by atoms with Crippen molar-refractivity contribution in [3.63, 3.8) is 0 Å². The molecule has 0 bridgehead atoms. The Hall–Kier alpha value is -2.39. The number of benzene rings is 1. The summed E-state index contributed by atoms with van der Waals surface area (Å²) in [6.07, 6.45) is 9.15. The molecule has 0 radical (unpaired) electrons. The van der Waals surface area contributed by atoms with Crippen LogP contribution in [-0.4, -0.2) is 60.7 Å². The number of carbonyl (C=O) groups is 2. The zero-order valence-electron chi connectivity index (χ0n) is 21.0. The highest BCUT2D eigenvalue weighted by Crippen LogP contribution is 2.38. The summed E-state index contributed by atoms with van der Waals surface area (Å²) in [5.41, 5.74) is 0.850. The number of nitrogens with zero attached hydrogens (tertiary/aromatic N) is 2. The molecule has 8 nitrogen and oxygen atoms in total. The Morgan fingerprint density at radius 2 is 1.80 bits per heavy atom. The van der Waals surface area contributed by atoms with E-state index < -0.39 is 22.0 Å². The molecule has 2 N–H and O–H groups in total. The molecule has 2 fully saturated rings. The van der Waals surface area contributed by atoms with Crippen molar-refractivity contribution in [1.29, 1.82) is 0 Å². The van der Waals surface area contributed by atoms with Crippen LogP contribution >= 0.6 is 0 Å². The van der Waals surface area contributed by atoms with Gasteiger partial charge in [-0.3, -0.25) is 13.9 Å². The van der Waals surface area contributed by atoms with Crippen LogP contribution in [0, 0.1) is 12.3 Å². The van der Waals surface area contributed by atoms with Crippen LogP contribution in [0.5, 0.6) is 0 Å². The van der Waals surface area contributed by atoms with Crippen molar-refractivity contribution >= 4 is 21.8 Å². The molecule has 9 heteroatoms. The normalized spacial score (nSPS) is 27.3. The fourth-order valence-electron chi connectivity index (χ4n) is 5.66. The molecule has 4 rings (SSSR count). The molecule has 35 heavy (non-hydrogen) atoms. The summed E-state index contributed by atoms with van der Waals surface area (Å²) in [7, 11) is -3.98. The first-order chi connectivity index (χ1) is 16.6. The third kappa shape index (κ3) is 5.72. The van der Waals surface area contributed by atoms with E-state index in [2.05, 4.69) is 29.4 Å². The summed E-state index contributed by atoms with van der Waals surface area (Å²) in [5, 5.41) is 5.69. The van der Waals surface area contributed by atoms with Crippen molar-refractivity contribution in [2.75, 3.05) is 13.1 Å². The van der Waals surface area contributed by atoms with E-state index in [0.717, 1.165) is 42.2 Å². The van der Waals surface area contributed by atoms with E-state index in [1.807, 2.05) is 6.92 Å². The predicted molar refractivity (Wildman–Crippen MR) is 135 cm³/mol. The molecule has 3 aliphatic rings. The molecule has 0 spiro atoms. The minimum Gasteiger partial charge on any atom is -0.353 e. The zero-order valence-corrected chi connectivity index (χ0v) is 21.8. The second-order valence-corrected chi connectivity index (χ2v) is 12.7. The molecule has 192 valence electrons. The molecule has 1 aromatic carbocycles. The highest BCUT2D eigenvalue weighted by Gasteiger charge is 2.41. The number of hydrogen-bond acceptors (Lipinski definition) is 5. The number of aryl methyl sites for hydroxylation is 1. The Bertz CT molecular complexity index is 1060. The first-order valence-corrected chi connectivity index (χ1v) is 14.1. The SMILES string of the molecule is Cc1ccc(S(=O)(=O)N2C=CNC(=O)[C@H]2CC(=O)N[C@@H]2CCC(N3CCCCC3)CC2(C)C)cc1. The maximum atomic E-state index is 13.3. The van der Waals surface area contributed by atoms with E-state index in [4.69, 9.17) is 0 Å². The lowest BCUT2D eigenvalue weighted by Crippen LogP contribution is -2.55. The molecule has 0 aromatic heterocycles. The monoisotopic (exact) mass is 502 g/mol. The van der Waals surface area contributed by atoms with Gasteiger partial charge in [-0.25, -0.2) is 8.42 Å². The highest BCUT2D eigenvalue weighted by molar-refractivity contribution is 7.89. The lowest BCUT2D eigenvalue weighted by atomic mass is 9.70. The van der Waals surface area contributed by atoms with Crippen LogP contribution in [0.15, 0.2) is 41.6 Å². The van der Waals surface area contributed by atoms with E-state index >= 15 is 0 Å². The largest absolute Gasteiger partial charge is 0.353 e. The summed E-state index contributed by atoms with van der Waals surface area (Å²) in [4.78, 5) is 28.5. The number of carbonyl (C=O) groups excluding carboxylic acids is 2. The van der Waals surface area contributed by atoms with Gasteiger partial charge in [-0.2, -0.15) is 0 Å². The van der Waals surface area contributed by atoms with Gasteiger partial charge in [0.25, 0.3) is 10.0 Å². The molecule has 1 aromatic rings. The smallest absolute Gasteiger partial charge is 0.264 e. The second kappa shape index (κ2) is 10.3. The molecule has 2 amide bonds. The van der Waals surface area contributed by atoms with Crippen LogP contribution in [0.25, 0.3) is 0 Å². The minimum atomic E-state index is -3.98. The fourth-order valence-corrected chi connectivity index (χ4v) is 7.11. The summed E-state index contributed by atoms with van der Waals surface area (Å²) >= 11 is 0. The third-order valence-electron chi connectivity index (χ3n) is 7.77. The van der Waals surface area contributed by atoms with Crippen LogP contribution in [0.2, 0.25) is 0 Å². The Morgan fingerprint density at radius 1 is 1.11 bits per heavy atom. The van der Waals surface area contributed by atoms with Gasteiger partial charge in [0.05, 0.1) is 11.3 Å². The quantitative estimate of drug-likeness (QED) is 0.623. The van der Waals surface area contributed by atoms with Gasteiger partial charge >= 0.3 is 0 Å². The Kier molecular flexibility index (Phi) is 7.57. The number of piperidine rings is 1. The van der Waals surface area contributed by atoms with Gasteiger partial charge in [0.15, 0.2) is 0 Å². The van der Waals surface area contributed by atoms with E-state index in [1.54, 1.807) is 12.1 Å². The summed E-state index contributed by atoms with van der Waals surface area (Å²) in [6, 6.07) is 5.86. The van der Waals surface area contributed by atoms with E-state index in [9.17, 15) is 18.0 Å². The number of amides is 2.